The minimum atomic E-state index is -0.525. The number of aromatic nitrogens is 4. The summed E-state index contributed by atoms with van der Waals surface area (Å²) >= 11 is 0. The van der Waals surface area contributed by atoms with Crippen molar-refractivity contribution in [3.05, 3.63) is 102 Å². The molecule has 38 heavy (non-hydrogen) atoms. The molecule has 0 radical (unpaired) electrons. The van der Waals surface area contributed by atoms with Crippen molar-refractivity contribution < 1.29 is 18.7 Å². The third-order valence-electron chi connectivity index (χ3n) is 6.46. The summed E-state index contributed by atoms with van der Waals surface area (Å²) in [6, 6.07) is 20.7. The second kappa shape index (κ2) is 10.4. The van der Waals surface area contributed by atoms with Crippen molar-refractivity contribution in [1.82, 2.24) is 24.9 Å². The summed E-state index contributed by atoms with van der Waals surface area (Å²) < 4.78 is 28.7. The number of nitrogens with zero attached hydrogens (tertiary/aromatic N) is 4. The van der Waals surface area contributed by atoms with Gasteiger partial charge in [0.1, 0.15) is 29.1 Å². The molecule has 8 nitrogen and oxygen atoms in total. The monoisotopic (exact) mass is 513 g/mol. The Morgan fingerprint density at radius 3 is 2.53 bits per heavy atom. The maximum Gasteiger partial charge on any atom is 0.272 e. The number of carbonyl (C=O) groups is 1. The van der Waals surface area contributed by atoms with E-state index < -0.39 is 12.1 Å². The number of methoxy groups -OCH3 is 1. The van der Waals surface area contributed by atoms with Gasteiger partial charge in [-0.1, -0.05) is 12.1 Å². The molecule has 0 aliphatic rings. The average Bonchev–Trinajstić information content (AvgIpc) is 3.50. The predicted molar refractivity (Wildman–Crippen MR) is 142 cm³/mol. The Labute approximate surface area is 219 Å². The van der Waals surface area contributed by atoms with Gasteiger partial charge in [-0.15, -0.1) is 0 Å². The van der Waals surface area contributed by atoms with Crippen LogP contribution in [0.4, 0.5) is 4.39 Å². The van der Waals surface area contributed by atoms with Crippen molar-refractivity contribution in [2.45, 2.75) is 26.0 Å². The van der Waals surface area contributed by atoms with E-state index in [-0.39, 0.29) is 11.7 Å². The maximum absolute atomic E-state index is 13.4. The molecule has 1 N–H and O–H groups in total. The average molecular weight is 514 g/mol. The van der Waals surface area contributed by atoms with Gasteiger partial charge in [-0.2, -0.15) is 10.2 Å². The van der Waals surface area contributed by atoms with E-state index in [9.17, 15) is 9.18 Å². The van der Waals surface area contributed by atoms with Gasteiger partial charge in [-0.05, 0) is 80.1 Å². The lowest BCUT2D eigenvalue weighted by Crippen LogP contribution is -2.39. The van der Waals surface area contributed by atoms with Gasteiger partial charge in [-0.3, -0.25) is 9.48 Å². The number of aryl methyl sites for hydroxylation is 2. The molecule has 9 heteroatoms. The molecule has 5 rings (SSSR count). The zero-order chi connectivity index (χ0) is 26.8. The lowest BCUT2D eigenvalue weighted by Gasteiger charge is -2.26. The zero-order valence-electron chi connectivity index (χ0n) is 21.6. The van der Waals surface area contributed by atoms with E-state index in [1.54, 1.807) is 47.9 Å². The third kappa shape index (κ3) is 5.08. The molecule has 194 valence electrons. The van der Waals surface area contributed by atoms with Crippen LogP contribution in [-0.2, 0) is 7.05 Å². The molecule has 0 saturated heterocycles. The summed E-state index contributed by atoms with van der Waals surface area (Å²) in [6.07, 6.45) is 1.21. The second-order valence-electron chi connectivity index (χ2n) is 9.13. The Morgan fingerprint density at radius 1 is 1.03 bits per heavy atom. The zero-order valence-corrected chi connectivity index (χ0v) is 21.6. The van der Waals surface area contributed by atoms with Gasteiger partial charge in [-0.25, -0.2) is 9.07 Å². The number of carbonyl (C=O) groups excluding carboxylic acids is 1. The van der Waals surface area contributed by atoms with E-state index in [4.69, 9.17) is 9.47 Å². The summed E-state index contributed by atoms with van der Waals surface area (Å²) in [4.78, 5) is 13.0. The van der Waals surface area contributed by atoms with Crippen LogP contribution in [0.3, 0.4) is 0 Å². The van der Waals surface area contributed by atoms with Gasteiger partial charge in [0.2, 0.25) is 0 Å². The summed E-state index contributed by atoms with van der Waals surface area (Å²) in [5, 5.41) is 12.6. The van der Waals surface area contributed by atoms with Crippen LogP contribution in [0.1, 0.15) is 34.8 Å². The van der Waals surface area contributed by atoms with Crippen molar-refractivity contribution in [3.63, 3.8) is 0 Å². The number of nitrogens with one attached hydrogen (secondary N) is 1. The van der Waals surface area contributed by atoms with Crippen LogP contribution in [0.25, 0.3) is 16.6 Å². The normalized spacial score (nSPS) is 12.8. The first-order chi connectivity index (χ1) is 18.3. The van der Waals surface area contributed by atoms with Crippen molar-refractivity contribution in [3.8, 4) is 17.2 Å². The van der Waals surface area contributed by atoms with Crippen LogP contribution in [-0.4, -0.2) is 38.6 Å². The van der Waals surface area contributed by atoms with E-state index in [1.807, 2.05) is 56.3 Å². The molecule has 3 aromatic carbocycles. The number of amides is 1. The van der Waals surface area contributed by atoms with Crippen LogP contribution >= 0.6 is 0 Å². The Balaban J connectivity index is 1.44. The van der Waals surface area contributed by atoms with Crippen molar-refractivity contribution in [1.29, 1.82) is 0 Å². The molecular formula is C29H28FN5O3. The third-order valence-corrected chi connectivity index (χ3v) is 6.46. The van der Waals surface area contributed by atoms with Crippen LogP contribution in [0.15, 0.2) is 79.0 Å². The van der Waals surface area contributed by atoms with E-state index in [0.29, 0.717) is 17.2 Å². The minimum absolute atomic E-state index is 0.284. The molecule has 0 saturated carbocycles. The van der Waals surface area contributed by atoms with Gasteiger partial charge < -0.3 is 14.8 Å². The first-order valence-corrected chi connectivity index (χ1v) is 12.2. The summed E-state index contributed by atoms with van der Waals surface area (Å²) in [5.74, 6) is 0.711. The fourth-order valence-corrected chi connectivity index (χ4v) is 4.32. The fraction of sp³-hybridized carbons (Fsp3) is 0.207. The Bertz CT molecular complexity index is 1570. The topological polar surface area (TPSA) is 83.2 Å². The van der Waals surface area contributed by atoms with Gasteiger partial charge >= 0.3 is 0 Å². The first-order valence-electron chi connectivity index (χ1n) is 12.2. The highest BCUT2D eigenvalue weighted by molar-refractivity contribution is 5.92. The van der Waals surface area contributed by atoms with E-state index in [1.165, 1.54) is 12.1 Å². The minimum Gasteiger partial charge on any atom is -0.497 e. The molecule has 0 fully saturated rings. The van der Waals surface area contributed by atoms with Gasteiger partial charge in [0.15, 0.2) is 0 Å². The smallest absolute Gasteiger partial charge is 0.272 e. The Hall–Kier alpha value is -4.66. The summed E-state index contributed by atoms with van der Waals surface area (Å²) in [7, 11) is 3.41. The molecule has 0 spiro atoms. The van der Waals surface area contributed by atoms with Gasteiger partial charge in [0.05, 0.1) is 30.6 Å². The molecule has 2 atom stereocenters. The van der Waals surface area contributed by atoms with Crippen LogP contribution in [0, 0.1) is 12.7 Å². The maximum atomic E-state index is 13.4. The van der Waals surface area contributed by atoms with Crippen molar-refractivity contribution >= 4 is 16.8 Å². The molecule has 0 unspecified atom stereocenters. The van der Waals surface area contributed by atoms with Crippen molar-refractivity contribution in [2.75, 3.05) is 7.11 Å². The van der Waals surface area contributed by atoms with Crippen LogP contribution in [0.5, 0.6) is 11.5 Å². The number of fused-ring (bicyclic) bond motifs is 1. The molecule has 5 aromatic rings. The molecule has 0 aliphatic heterocycles. The molecule has 0 aliphatic carbocycles. The fourth-order valence-electron chi connectivity index (χ4n) is 4.32. The molecule has 2 heterocycles. The largest absolute Gasteiger partial charge is 0.497 e. The van der Waals surface area contributed by atoms with E-state index in [2.05, 4.69) is 15.5 Å². The molecule has 1 amide bonds. The van der Waals surface area contributed by atoms with E-state index >= 15 is 0 Å². The quantitative estimate of drug-likeness (QED) is 0.310. The standard InChI is InChI=1S/C29H28FN5O3/c1-18-14-26(33-34(18)3)29(36)32-19(2)28(20-6-5-7-24(15-20)37-4)38-25-12-13-27-21(16-25)17-31-35(27)23-10-8-22(30)9-11-23/h5-17,19,28H,1-4H3,(H,32,36)/t19-,28-/m0/s1. The molecule has 2 aromatic heterocycles. The molecule has 0 bridgehead atoms. The first kappa shape index (κ1) is 25.0. The van der Waals surface area contributed by atoms with Gasteiger partial charge in [0, 0.05) is 18.1 Å². The van der Waals surface area contributed by atoms with Crippen LogP contribution in [0.2, 0.25) is 0 Å². The highest BCUT2D eigenvalue weighted by Gasteiger charge is 2.25. The highest BCUT2D eigenvalue weighted by atomic mass is 19.1. The number of hydrogen-bond donors (Lipinski definition) is 1. The Morgan fingerprint density at radius 2 is 1.82 bits per heavy atom. The number of rotatable bonds is 8. The predicted octanol–water partition coefficient (Wildman–Crippen LogP) is 5.15. The number of benzene rings is 3. The molecular weight excluding hydrogens is 485 g/mol. The number of hydrogen-bond acceptors (Lipinski definition) is 5. The van der Waals surface area contributed by atoms with Crippen LogP contribution < -0.4 is 14.8 Å². The lowest BCUT2D eigenvalue weighted by atomic mass is 10.0. The summed E-state index contributed by atoms with van der Waals surface area (Å²) in [5.41, 5.74) is 3.68. The highest BCUT2D eigenvalue weighted by Crippen LogP contribution is 2.30. The number of ether oxygens (including phenoxy) is 2. The van der Waals surface area contributed by atoms with Gasteiger partial charge in [0.25, 0.3) is 5.91 Å². The van der Waals surface area contributed by atoms with E-state index in [0.717, 1.165) is 27.8 Å². The second-order valence-corrected chi connectivity index (χ2v) is 9.13. The lowest BCUT2D eigenvalue weighted by molar-refractivity contribution is 0.0876. The van der Waals surface area contributed by atoms with Crippen molar-refractivity contribution in [2.24, 2.45) is 7.05 Å². The number of halogens is 1. The summed E-state index contributed by atoms with van der Waals surface area (Å²) in [6.45, 7) is 3.78. The SMILES string of the molecule is COc1cccc([C@@H](Oc2ccc3c(cnn3-c3ccc(F)cc3)c2)[C@H](C)NC(=O)c2cc(C)n(C)n2)c1. The Kier molecular flexibility index (Phi) is 6.83.